The van der Waals surface area contributed by atoms with Crippen LogP contribution in [0, 0.1) is 0 Å². The van der Waals surface area contributed by atoms with Gasteiger partial charge in [-0.1, -0.05) is 23.7 Å². The minimum atomic E-state index is -0.391. The van der Waals surface area contributed by atoms with Crippen molar-refractivity contribution >= 4 is 23.4 Å². The van der Waals surface area contributed by atoms with Crippen molar-refractivity contribution in [2.24, 2.45) is 5.73 Å². The van der Waals surface area contributed by atoms with E-state index in [1.807, 2.05) is 24.3 Å². The molecular formula is C18H25ClN4O2. The normalized spacial score (nSPS) is 24.2. The van der Waals surface area contributed by atoms with Gasteiger partial charge in [0.1, 0.15) is 12.1 Å². The van der Waals surface area contributed by atoms with E-state index in [0.29, 0.717) is 31.1 Å². The molecule has 0 bridgehead atoms. The lowest BCUT2D eigenvalue weighted by Crippen LogP contribution is -2.69. The lowest BCUT2D eigenvalue weighted by molar-refractivity contribution is -0.153. The van der Waals surface area contributed by atoms with Gasteiger partial charge in [-0.3, -0.25) is 14.5 Å². The summed E-state index contributed by atoms with van der Waals surface area (Å²) in [6.07, 6.45) is 2.39. The monoisotopic (exact) mass is 364 g/mol. The molecule has 136 valence electrons. The molecular weight excluding hydrogens is 340 g/mol. The number of hydrogen-bond acceptors (Lipinski definition) is 4. The van der Waals surface area contributed by atoms with Crippen molar-refractivity contribution < 1.29 is 9.59 Å². The summed E-state index contributed by atoms with van der Waals surface area (Å²) in [5, 5.41) is 3.62. The van der Waals surface area contributed by atoms with Crippen molar-refractivity contribution in [1.82, 2.24) is 15.1 Å². The molecule has 3 N–H and O–H groups in total. The Morgan fingerprint density at radius 2 is 1.92 bits per heavy atom. The van der Waals surface area contributed by atoms with Crippen LogP contribution in [0.1, 0.15) is 24.8 Å². The number of unbranched alkanes of at least 4 members (excludes halogenated alkanes) is 1. The molecule has 0 aliphatic carbocycles. The van der Waals surface area contributed by atoms with Gasteiger partial charge in [0.05, 0.1) is 0 Å². The lowest BCUT2D eigenvalue weighted by Gasteiger charge is -2.45. The first-order valence-electron chi connectivity index (χ1n) is 8.86. The second kappa shape index (κ2) is 8.17. The number of nitrogens with one attached hydrogen (secondary N) is 1. The van der Waals surface area contributed by atoms with Crippen molar-refractivity contribution in [3.05, 3.63) is 34.9 Å². The Hall–Kier alpha value is -1.63. The first-order valence-corrected chi connectivity index (χ1v) is 9.24. The summed E-state index contributed by atoms with van der Waals surface area (Å²) < 4.78 is 0. The van der Waals surface area contributed by atoms with Gasteiger partial charge in [0.25, 0.3) is 0 Å². The Balaban J connectivity index is 1.59. The fourth-order valence-electron chi connectivity index (χ4n) is 3.54. The van der Waals surface area contributed by atoms with E-state index in [4.69, 9.17) is 17.3 Å². The molecule has 0 saturated carbocycles. The van der Waals surface area contributed by atoms with Crippen molar-refractivity contribution in [3.8, 4) is 0 Å². The lowest BCUT2D eigenvalue weighted by atomic mass is 10.00. The van der Waals surface area contributed by atoms with E-state index in [9.17, 15) is 9.59 Å². The number of fused-ring (bicyclic) bond motifs is 1. The van der Waals surface area contributed by atoms with E-state index >= 15 is 0 Å². The van der Waals surface area contributed by atoms with Gasteiger partial charge in [0, 0.05) is 31.2 Å². The summed E-state index contributed by atoms with van der Waals surface area (Å²) in [6.45, 7) is 3.30. The fourth-order valence-corrected chi connectivity index (χ4v) is 3.66. The van der Waals surface area contributed by atoms with Crippen molar-refractivity contribution in [2.75, 3.05) is 26.2 Å². The summed E-state index contributed by atoms with van der Waals surface area (Å²) in [6, 6.07) is 6.95. The van der Waals surface area contributed by atoms with Crippen LogP contribution < -0.4 is 11.1 Å². The predicted octanol–water partition coefficient (Wildman–Crippen LogP) is 0.980. The number of piperazine rings is 2. The van der Waals surface area contributed by atoms with Crippen LogP contribution in [0.2, 0.25) is 5.02 Å². The van der Waals surface area contributed by atoms with E-state index in [2.05, 4.69) is 10.2 Å². The van der Waals surface area contributed by atoms with Gasteiger partial charge in [-0.2, -0.15) is 0 Å². The van der Waals surface area contributed by atoms with Crippen LogP contribution in [0.15, 0.2) is 24.3 Å². The van der Waals surface area contributed by atoms with Gasteiger partial charge >= 0.3 is 0 Å². The molecule has 0 spiro atoms. The minimum absolute atomic E-state index is 0.0434. The third kappa shape index (κ3) is 4.32. The summed E-state index contributed by atoms with van der Waals surface area (Å²) in [7, 11) is 0. The number of halogens is 1. The summed E-state index contributed by atoms with van der Waals surface area (Å²) in [4.78, 5) is 29.1. The molecule has 2 amide bonds. The Morgan fingerprint density at radius 1 is 1.16 bits per heavy atom. The van der Waals surface area contributed by atoms with Crippen LogP contribution in [0.4, 0.5) is 0 Å². The largest absolute Gasteiger partial charge is 0.342 e. The molecule has 2 aliphatic rings. The maximum atomic E-state index is 12.6. The first-order chi connectivity index (χ1) is 12.1. The van der Waals surface area contributed by atoms with E-state index < -0.39 is 6.04 Å². The van der Waals surface area contributed by atoms with Gasteiger partial charge in [0.15, 0.2) is 0 Å². The smallest absolute Gasteiger partial charge is 0.245 e. The second-order valence-corrected chi connectivity index (χ2v) is 7.19. The van der Waals surface area contributed by atoms with Gasteiger partial charge < -0.3 is 16.0 Å². The number of carbonyl (C=O) groups is 2. The third-order valence-electron chi connectivity index (χ3n) is 4.93. The molecule has 1 aromatic carbocycles. The molecule has 6 nitrogen and oxygen atoms in total. The van der Waals surface area contributed by atoms with Crippen molar-refractivity contribution in [1.29, 1.82) is 0 Å². The van der Waals surface area contributed by atoms with Crippen LogP contribution in [0.5, 0.6) is 0 Å². The molecule has 2 heterocycles. The number of nitrogens with zero attached hydrogens (tertiary/aromatic N) is 2. The summed E-state index contributed by atoms with van der Waals surface area (Å²) >= 11 is 5.92. The van der Waals surface area contributed by atoms with Crippen molar-refractivity contribution in [2.45, 2.75) is 37.9 Å². The van der Waals surface area contributed by atoms with E-state index in [0.717, 1.165) is 31.5 Å². The average Bonchev–Trinajstić information content (AvgIpc) is 2.61. The Bertz CT molecular complexity index is 622. The zero-order valence-corrected chi connectivity index (χ0v) is 15.0. The number of carbonyl (C=O) groups excluding carboxylic acids is 2. The number of amides is 2. The highest BCUT2D eigenvalue weighted by Gasteiger charge is 2.42. The number of benzene rings is 1. The van der Waals surface area contributed by atoms with Crippen LogP contribution in [0.25, 0.3) is 0 Å². The van der Waals surface area contributed by atoms with Gasteiger partial charge in [-0.25, -0.2) is 0 Å². The second-order valence-electron chi connectivity index (χ2n) is 6.75. The fraction of sp³-hybridized carbons (Fsp3) is 0.556. The maximum Gasteiger partial charge on any atom is 0.245 e. The molecule has 0 aromatic heterocycles. The SMILES string of the molecule is NCCCC[C@@H]1NC(=O)[C@H]2CN(Cc3ccc(Cl)cc3)CCN2C1=O. The van der Waals surface area contributed by atoms with E-state index in [1.54, 1.807) is 4.90 Å². The van der Waals surface area contributed by atoms with Gasteiger partial charge in [-0.15, -0.1) is 0 Å². The topological polar surface area (TPSA) is 78.7 Å². The Kier molecular flexibility index (Phi) is 5.93. The molecule has 2 fully saturated rings. The van der Waals surface area contributed by atoms with Crippen LogP contribution in [0.3, 0.4) is 0 Å². The predicted molar refractivity (Wildman–Crippen MR) is 97.1 cm³/mol. The number of rotatable bonds is 6. The molecule has 0 radical (unpaired) electrons. The van der Waals surface area contributed by atoms with Crippen LogP contribution in [-0.2, 0) is 16.1 Å². The molecule has 2 saturated heterocycles. The Labute approximate surface area is 153 Å². The maximum absolute atomic E-state index is 12.6. The van der Waals surface area contributed by atoms with E-state index in [-0.39, 0.29) is 17.9 Å². The molecule has 2 aliphatic heterocycles. The standard InChI is InChI=1S/C18H25ClN4O2/c19-14-6-4-13(5-7-14)11-22-9-10-23-16(12-22)17(24)21-15(18(23)25)3-1-2-8-20/h4-7,15-16H,1-3,8-12,20H2,(H,21,24)/t15-,16+/m0/s1. The zero-order valence-electron chi connectivity index (χ0n) is 14.3. The van der Waals surface area contributed by atoms with Gasteiger partial charge in [0.2, 0.25) is 11.8 Å². The molecule has 1 aromatic rings. The Morgan fingerprint density at radius 3 is 2.64 bits per heavy atom. The highest BCUT2D eigenvalue weighted by Crippen LogP contribution is 2.20. The van der Waals surface area contributed by atoms with Crippen LogP contribution in [-0.4, -0.2) is 59.9 Å². The summed E-state index contributed by atoms with van der Waals surface area (Å²) in [5.41, 5.74) is 6.66. The summed E-state index contributed by atoms with van der Waals surface area (Å²) in [5.74, 6) is 0.00548. The third-order valence-corrected chi connectivity index (χ3v) is 5.18. The highest BCUT2D eigenvalue weighted by atomic mass is 35.5. The molecule has 2 atom stereocenters. The molecule has 7 heteroatoms. The quantitative estimate of drug-likeness (QED) is 0.737. The molecule has 3 rings (SSSR count). The zero-order chi connectivity index (χ0) is 17.8. The average molecular weight is 365 g/mol. The number of nitrogens with two attached hydrogens (primary N) is 1. The first kappa shape index (κ1) is 18.2. The van der Waals surface area contributed by atoms with Crippen molar-refractivity contribution in [3.63, 3.8) is 0 Å². The van der Waals surface area contributed by atoms with Gasteiger partial charge in [-0.05, 0) is 43.5 Å². The minimum Gasteiger partial charge on any atom is -0.342 e. The highest BCUT2D eigenvalue weighted by molar-refractivity contribution is 6.30. The molecule has 0 unspecified atom stereocenters. The molecule has 25 heavy (non-hydrogen) atoms. The van der Waals surface area contributed by atoms with E-state index in [1.165, 1.54) is 0 Å². The number of hydrogen-bond donors (Lipinski definition) is 2. The van der Waals surface area contributed by atoms with Crippen LogP contribution >= 0.6 is 11.6 Å².